The largest absolute Gasteiger partial charge is 0.399 e. The molecule has 2 heteroatoms. The molecule has 2 N–H and O–H groups in total. The highest BCUT2D eigenvalue weighted by molar-refractivity contribution is 5.55. The molecular formula is C18H22N2. The fourth-order valence-corrected chi connectivity index (χ4v) is 3.02. The molecule has 0 atom stereocenters. The molecule has 0 radical (unpaired) electrons. The van der Waals surface area contributed by atoms with E-state index >= 15 is 0 Å². The number of aryl methyl sites for hydroxylation is 1. The molecule has 0 saturated heterocycles. The molecule has 1 heterocycles. The molecule has 0 saturated carbocycles. The molecule has 0 aromatic heterocycles. The number of benzene rings is 2. The van der Waals surface area contributed by atoms with E-state index in [1.165, 1.54) is 36.1 Å². The first-order valence-electron chi connectivity index (χ1n) is 7.51. The Morgan fingerprint density at radius 2 is 1.75 bits per heavy atom. The zero-order valence-electron chi connectivity index (χ0n) is 11.9. The van der Waals surface area contributed by atoms with Gasteiger partial charge in [0.15, 0.2) is 0 Å². The van der Waals surface area contributed by atoms with Crippen LogP contribution < -0.4 is 10.6 Å². The highest BCUT2D eigenvalue weighted by atomic mass is 15.1. The summed E-state index contributed by atoms with van der Waals surface area (Å²) in [4.78, 5) is 2.52. The van der Waals surface area contributed by atoms with Crippen LogP contribution in [0.15, 0.2) is 48.5 Å². The molecule has 1 aliphatic rings. The summed E-state index contributed by atoms with van der Waals surface area (Å²) in [5, 5.41) is 0. The van der Waals surface area contributed by atoms with Crippen LogP contribution in [-0.2, 0) is 12.8 Å². The average Bonchev–Trinajstić information content (AvgIpc) is 2.69. The van der Waals surface area contributed by atoms with Crippen molar-refractivity contribution in [2.45, 2.75) is 25.7 Å². The number of nitrogens with two attached hydrogens (primary N) is 1. The van der Waals surface area contributed by atoms with Crippen LogP contribution >= 0.6 is 0 Å². The summed E-state index contributed by atoms with van der Waals surface area (Å²) >= 11 is 0. The highest BCUT2D eigenvalue weighted by Gasteiger charge is 2.14. The van der Waals surface area contributed by atoms with E-state index < -0.39 is 0 Å². The van der Waals surface area contributed by atoms with Gasteiger partial charge in [-0.15, -0.1) is 0 Å². The van der Waals surface area contributed by atoms with Gasteiger partial charge in [-0.25, -0.2) is 0 Å². The van der Waals surface area contributed by atoms with E-state index in [1.54, 1.807) is 0 Å². The summed E-state index contributed by atoms with van der Waals surface area (Å²) in [6.07, 6.45) is 4.79. The standard InChI is InChI=1S/C18H22N2/c19-17-10-3-1-7-15(17)12-14-20-13-6-5-9-16-8-2-4-11-18(16)20/h1-4,7-8,10-11H,5-6,9,12-14,19H2. The van der Waals surface area contributed by atoms with Crippen molar-refractivity contribution >= 4 is 11.4 Å². The van der Waals surface area contributed by atoms with Gasteiger partial charge in [0.25, 0.3) is 0 Å². The normalized spacial score (nSPS) is 14.7. The van der Waals surface area contributed by atoms with Crippen molar-refractivity contribution in [3.8, 4) is 0 Å². The summed E-state index contributed by atoms with van der Waals surface area (Å²) in [7, 11) is 0. The van der Waals surface area contributed by atoms with Crippen LogP contribution in [-0.4, -0.2) is 13.1 Å². The van der Waals surface area contributed by atoms with Crippen LogP contribution in [0.5, 0.6) is 0 Å². The second-order valence-electron chi connectivity index (χ2n) is 5.52. The van der Waals surface area contributed by atoms with Crippen LogP contribution in [0.25, 0.3) is 0 Å². The fourth-order valence-electron chi connectivity index (χ4n) is 3.02. The maximum Gasteiger partial charge on any atom is 0.0398 e. The van der Waals surface area contributed by atoms with Crippen molar-refractivity contribution in [3.05, 3.63) is 59.7 Å². The van der Waals surface area contributed by atoms with Crippen molar-refractivity contribution in [2.24, 2.45) is 0 Å². The second-order valence-corrected chi connectivity index (χ2v) is 5.52. The molecule has 2 aromatic carbocycles. The molecule has 104 valence electrons. The van der Waals surface area contributed by atoms with Gasteiger partial charge in [-0.05, 0) is 48.9 Å². The number of fused-ring (bicyclic) bond motifs is 1. The van der Waals surface area contributed by atoms with Gasteiger partial charge < -0.3 is 10.6 Å². The molecule has 0 fully saturated rings. The van der Waals surface area contributed by atoms with Crippen molar-refractivity contribution in [3.63, 3.8) is 0 Å². The molecule has 2 nitrogen and oxygen atoms in total. The minimum absolute atomic E-state index is 0.913. The molecule has 1 aliphatic heterocycles. The lowest BCUT2D eigenvalue weighted by Crippen LogP contribution is -2.26. The Labute approximate surface area is 121 Å². The van der Waals surface area contributed by atoms with Crippen LogP contribution in [0, 0.1) is 0 Å². The monoisotopic (exact) mass is 266 g/mol. The summed E-state index contributed by atoms with van der Waals surface area (Å²) in [5.74, 6) is 0. The van der Waals surface area contributed by atoms with Gasteiger partial charge in [0.05, 0.1) is 0 Å². The Bertz CT molecular complexity index is 577. The van der Waals surface area contributed by atoms with Crippen molar-refractivity contribution < 1.29 is 0 Å². The van der Waals surface area contributed by atoms with Gasteiger partial charge in [-0.1, -0.05) is 36.4 Å². The van der Waals surface area contributed by atoms with Gasteiger partial charge in [-0.3, -0.25) is 0 Å². The Hall–Kier alpha value is -1.96. The van der Waals surface area contributed by atoms with Gasteiger partial charge in [-0.2, -0.15) is 0 Å². The minimum atomic E-state index is 0.913. The lowest BCUT2D eigenvalue weighted by atomic mass is 10.1. The van der Waals surface area contributed by atoms with Gasteiger partial charge in [0.2, 0.25) is 0 Å². The first-order chi connectivity index (χ1) is 9.84. The predicted octanol–water partition coefficient (Wildman–Crippen LogP) is 3.65. The first kappa shape index (κ1) is 13.0. The molecule has 0 spiro atoms. The van der Waals surface area contributed by atoms with Crippen LogP contribution in [0.2, 0.25) is 0 Å². The SMILES string of the molecule is Nc1ccccc1CCN1CCCCc2ccccc21. The summed E-state index contributed by atoms with van der Waals surface area (Å²) in [5.41, 5.74) is 11.1. The predicted molar refractivity (Wildman–Crippen MR) is 86.2 cm³/mol. The van der Waals surface area contributed by atoms with E-state index in [2.05, 4.69) is 41.3 Å². The van der Waals surface area contributed by atoms with E-state index in [1.807, 2.05) is 12.1 Å². The van der Waals surface area contributed by atoms with Gasteiger partial charge >= 0.3 is 0 Å². The number of nitrogen functional groups attached to an aromatic ring is 1. The molecule has 0 aliphatic carbocycles. The number of hydrogen-bond donors (Lipinski definition) is 1. The zero-order chi connectivity index (χ0) is 13.8. The second kappa shape index (κ2) is 6.00. The maximum absolute atomic E-state index is 6.04. The molecule has 0 amide bonds. The quantitative estimate of drug-likeness (QED) is 0.859. The number of para-hydroxylation sites is 2. The summed E-state index contributed by atoms with van der Waals surface area (Å²) in [6, 6.07) is 17.0. The third-order valence-corrected chi connectivity index (χ3v) is 4.16. The Balaban J connectivity index is 1.76. The summed E-state index contributed by atoms with van der Waals surface area (Å²) in [6.45, 7) is 2.20. The topological polar surface area (TPSA) is 29.3 Å². The number of nitrogens with zero attached hydrogens (tertiary/aromatic N) is 1. The van der Waals surface area contributed by atoms with E-state index in [-0.39, 0.29) is 0 Å². The van der Waals surface area contributed by atoms with Crippen LogP contribution in [0.4, 0.5) is 11.4 Å². The summed E-state index contributed by atoms with van der Waals surface area (Å²) < 4.78 is 0. The first-order valence-corrected chi connectivity index (χ1v) is 7.51. The van der Waals surface area contributed by atoms with Gasteiger partial charge in [0, 0.05) is 24.5 Å². The highest BCUT2D eigenvalue weighted by Crippen LogP contribution is 2.26. The van der Waals surface area contributed by atoms with Crippen molar-refractivity contribution in [1.29, 1.82) is 0 Å². The molecular weight excluding hydrogens is 244 g/mol. The van der Waals surface area contributed by atoms with Crippen LogP contribution in [0.3, 0.4) is 0 Å². The van der Waals surface area contributed by atoms with E-state index in [0.29, 0.717) is 0 Å². The molecule has 20 heavy (non-hydrogen) atoms. The lowest BCUT2D eigenvalue weighted by Gasteiger charge is -2.25. The third-order valence-electron chi connectivity index (χ3n) is 4.16. The van der Waals surface area contributed by atoms with Gasteiger partial charge in [0.1, 0.15) is 0 Å². The van der Waals surface area contributed by atoms with Crippen molar-refractivity contribution in [2.75, 3.05) is 23.7 Å². The maximum atomic E-state index is 6.04. The molecule has 0 bridgehead atoms. The molecule has 3 rings (SSSR count). The number of rotatable bonds is 3. The molecule has 2 aromatic rings. The van der Waals surface area contributed by atoms with Crippen LogP contribution in [0.1, 0.15) is 24.0 Å². The number of hydrogen-bond acceptors (Lipinski definition) is 2. The minimum Gasteiger partial charge on any atom is -0.399 e. The van der Waals surface area contributed by atoms with E-state index in [0.717, 1.165) is 25.2 Å². The lowest BCUT2D eigenvalue weighted by molar-refractivity contribution is 0.711. The molecule has 0 unspecified atom stereocenters. The zero-order valence-corrected chi connectivity index (χ0v) is 11.9. The fraction of sp³-hybridized carbons (Fsp3) is 0.333. The number of anilines is 2. The average molecular weight is 266 g/mol. The third kappa shape index (κ3) is 2.79. The van der Waals surface area contributed by atoms with E-state index in [9.17, 15) is 0 Å². The Morgan fingerprint density at radius 3 is 2.65 bits per heavy atom. The smallest absolute Gasteiger partial charge is 0.0398 e. The Morgan fingerprint density at radius 1 is 0.950 bits per heavy atom. The van der Waals surface area contributed by atoms with E-state index in [4.69, 9.17) is 5.73 Å². The van der Waals surface area contributed by atoms with Crippen molar-refractivity contribution in [1.82, 2.24) is 0 Å². The Kier molecular flexibility index (Phi) is 3.91.